The molecule has 1 aromatic carbocycles. The molecule has 0 radical (unpaired) electrons. The fraction of sp³-hybridized carbons (Fsp3) is 0.118. The van der Waals surface area contributed by atoms with E-state index in [4.69, 9.17) is 0 Å². The lowest BCUT2D eigenvalue weighted by atomic mass is 10.2. The molecule has 5 nitrogen and oxygen atoms in total. The SMILES string of the molecule is Cc1cccnc1NC(=O)c1ccnn1Cc1ccccc1. The average Bonchev–Trinajstić information content (AvgIpc) is 2.99. The Hall–Kier alpha value is -2.95. The van der Waals surface area contributed by atoms with Gasteiger partial charge in [0.2, 0.25) is 0 Å². The lowest BCUT2D eigenvalue weighted by Crippen LogP contribution is -2.19. The number of anilines is 1. The molecule has 1 amide bonds. The van der Waals surface area contributed by atoms with Crippen LogP contribution in [0.4, 0.5) is 5.82 Å². The predicted molar refractivity (Wildman–Crippen MR) is 84.7 cm³/mol. The highest BCUT2D eigenvalue weighted by Gasteiger charge is 2.13. The molecule has 22 heavy (non-hydrogen) atoms. The van der Waals surface area contributed by atoms with Gasteiger partial charge >= 0.3 is 0 Å². The van der Waals surface area contributed by atoms with Crippen LogP contribution in [-0.2, 0) is 6.54 Å². The number of pyridine rings is 1. The maximum absolute atomic E-state index is 12.4. The normalized spacial score (nSPS) is 10.4. The molecule has 5 heteroatoms. The van der Waals surface area contributed by atoms with Gasteiger partial charge in [0.05, 0.1) is 6.54 Å². The van der Waals surface area contributed by atoms with Crippen LogP contribution < -0.4 is 5.32 Å². The summed E-state index contributed by atoms with van der Waals surface area (Å²) in [6.45, 7) is 2.46. The van der Waals surface area contributed by atoms with E-state index in [2.05, 4.69) is 15.4 Å². The Labute approximate surface area is 128 Å². The Morgan fingerprint density at radius 2 is 1.91 bits per heavy atom. The first-order valence-electron chi connectivity index (χ1n) is 7.03. The highest BCUT2D eigenvalue weighted by atomic mass is 16.2. The third-order valence-electron chi connectivity index (χ3n) is 3.37. The van der Waals surface area contributed by atoms with Gasteiger partial charge in [0, 0.05) is 12.4 Å². The van der Waals surface area contributed by atoms with Crippen LogP contribution in [0.3, 0.4) is 0 Å². The lowest BCUT2D eigenvalue weighted by molar-refractivity contribution is 0.101. The fourth-order valence-corrected chi connectivity index (χ4v) is 2.20. The summed E-state index contributed by atoms with van der Waals surface area (Å²) in [6.07, 6.45) is 3.28. The lowest BCUT2D eigenvalue weighted by Gasteiger charge is -2.09. The molecule has 110 valence electrons. The molecule has 0 aliphatic carbocycles. The number of hydrogen-bond acceptors (Lipinski definition) is 3. The summed E-state index contributed by atoms with van der Waals surface area (Å²) in [5.41, 5.74) is 2.52. The van der Waals surface area contributed by atoms with Gasteiger partial charge in [-0.2, -0.15) is 5.10 Å². The number of rotatable bonds is 4. The molecule has 0 spiro atoms. The zero-order chi connectivity index (χ0) is 15.4. The summed E-state index contributed by atoms with van der Waals surface area (Å²) in [7, 11) is 0. The highest BCUT2D eigenvalue weighted by molar-refractivity contribution is 6.02. The Morgan fingerprint density at radius 1 is 1.09 bits per heavy atom. The van der Waals surface area contributed by atoms with Crippen molar-refractivity contribution >= 4 is 11.7 Å². The van der Waals surface area contributed by atoms with Gasteiger partial charge in [0.15, 0.2) is 0 Å². The number of amides is 1. The van der Waals surface area contributed by atoms with Crippen molar-refractivity contribution in [3.8, 4) is 0 Å². The van der Waals surface area contributed by atoms with Crippen molar-refractivity contribution < 1.29 is 4.79 Å². The fourth-order valence-electron chi connectivity index (χ4n) is 2.20. The van der Waals surface area contributed by atoms with Gasteiger partial charge in [-0.1, -0.05) is 36.4 Å². The molecule has 0 bridgehead atoms. The van der Waals surface area contributed by atoms with Gasteiger partial charge in [-0.3, -0.25) is 9.48 Å². The number of aromatic nitrogens is 3. The van der Waals surface area contributed by atoms with Gasteiger partial charge in [-0.05, 0) is 30.2 Å². The zero-order valence-electron chi connectivity index (χ0n) is 12.2. The molecular formula is C17H16N4O. The summed E-state index contributed by atoms with van der Waals surface area (Å²) in [5.74, 6) is 0.357. The van der Waals surface area contributed by atoms with Crippen LogP contribution in [0.2, 0.25) is 0 Å². The monoisotopic (exact) mass is 292 g/mol. The summed E-state index contributed by atoms with van der Waals surface area (Å²) in [6, 6.07) is 15.4. The second-order valence-corrected chi connectivity index (χ2v) is 4.98. The van der Waals surface area contributed by atoms with E-state index in [1.807, 2.05) is 49.4 Å². The molecule has 0 saturated carbocycles. The van der Waals surface area contributed by atoms with Crippen molar-refractivity contribution in [3.05, 3.63) is 77.7 Å². The number of hydrogen-bond donors (Lipinski definition) is 1. The Bertz CT molecular complexity index is 780. The van der Waals surface area contributed by atoms with Crippen molar-refractivity contribution in [1.29, 1.82) is 0 Å². The van der Waals surface area contributed by atoms with E-state index in [9.17, 15) is 4.79 Å². The molecule has 0 aliphatic heterocycles. The predicted octanol–water partition coefficient (Wildman–Crippen LogP) is 2.89. The summed E-state index contributed by atoms with van der Waals surface area (Å²) >= 11 is 0. The van der Waals surface area contributed by atoms with E-state index in [1.165, 1.54) is 0 Å². The largest absolute Gasteiger partial charge is 0.305 e. The van der Waals surface area contributed by atoms with Crippen LogP contribution >= 0.6 is 0 Å². The second-order valence-electron chi connectivity index (χ2n) is 4.98. The van der Waals surface area contributed by atoms with Crippen molar-refractivity contribution in [2.75, 3.05) is 5.32 Å². The Kier molecular flexibility index (Phi) is 3.96. The minimum Gasteiger partial charge on any atom is -0.305 e. The van der Waals surface area contributed by atoms with Gasteiger partial charge in [0.1, 0.15) is 11.5 Å². The number of nitrogens with one attached hydrogen (secondary N) is 1. The van der Waals surface area contributed by atoms with E-state index in [-0.39, 0.29) is 5.91 Å². The number of carbonyl (C=O) groups excluding carboxylic acids is 1. The number of aryl methyl sites for hydroxylation is 1. The first-order chi connectivity index (χ1) is 10.7. The van der Waals surface area contributed by atoms with E-state index < -0.39 is 0 Å². The van der Waals surface area contributed by atoms with Gasteiger partial charge in [-0.25, -0.2) is 4.98 Å². The molecular weight excluding hydrogens is 276 g/mol. The maximum atomic E-state index is 12.4. The van der Waals surface area contributed by atoms with Crippen LogP contribution in [-0.4, -0.2) is 20.7 Å². The standard InChI is InChI=1S/C17H16N4O/c1-13-6-5-10-18-16(13)20-17(22)15-9-11-19-21(15)12-14-7-3-2-4-8-14/h2-11H,12H2,1H3,(H,18,20,22). The van der Waals surface area contributed by atoms with Gasteiger partial charge in [0.25, 0.3) is 5.91 Å². The molecule has 0 unspecified atom stereocenters. The third-order valence-corrected chi connectivity index (χ3v) is 3.37. The molecule has 0 aliphatic rings. The molecule has 0 saturated heterocycles. The third kappa shape index (κ3) is 3.03. The van der Waals surface area contributed by atoms with Crippen LogP contribution in [0, 0.1) is 6.92 Å². The van der Waals surface area contributed by atoms with Crippen LogP contribution in [0.5, 0.6) is 0 Å². The van der Waals surface area contributed by atoms with Gasteiger partial charge < -0.3 is 5.32 Å². The van der Waals surface area contributed by atoms with E-state index >= 15 is 0 Å². The molecule has 0 atom stereocenters. The smallest absolute Gasteiger partial charge is 0.275 e. The minimum absolute atomic E-state index is 0.213. The number of carbonyl (C=O) groups is 1. The zero-order valence-corrected chi connectivity index (χ0v) is 12.2. The Morgan fingerprint density at radius 3 is 2.68 bits per heavy atom. The summed E-state index contributed by atoms with van der Waals surface area (Å²) in [4.78, 5) is 16.6. The van der Waals surface area contributed by atoms with Crippen molar-refractivity contribution in [3.63, 3.8) is 0 Å². The van der Waals surface area contributed by atoms with Gasteiger partial charge in [-0.15, -0.1) is 0 Å². The molecule has 2 aromatic heterocycles. The maximum Gasteiger partial charge on any atom is 0.275 e. The quantitative estimate of drug-likeness (QED) is 0.804. The topological polar surface area (TPSA) is 59.8 Å². The molecule has 0 fully saturated rings. The van der Waals surface area contributed by atoms with Crippen LogP contribution in [0.15, 0.2) is 60.9 Å². The molecule has 1 N–H and O–H groups in total. The van der Waals surface area contributed by atoms with Crippen LogP contribution in [0.25, 0.3) is 0 Å². The highest BCUT2D eigenvalue weighted by Crippen LogP contribution is 2.12. The summed E-state index contributed by atoms with van der Waals surface area (Å²) in [5, 5.41) is 7.06. The van der Waals surface area contributed by atoms with Crippen LogP contribution in [0.1, 0.15) is 21.6 Å². The molecule has 3 rings (SSSR count). The molecule has 3 aromatic rings. The number of nitrogens with zero attached hydrogens (tertiary/aromatic N) is 3. The summed E-state index contributed by atoms with van der Waals surface area (Å²) < 4.78 is 1.68. The Balaban J connectivity index is 1.79. The molecule has 2 heterocycles. The van der Waals surface area contributed by atoms with Crippen molar-refractivity contribution in [2.45, 2.75) is 13.5 Å². The first kappa shape index (κ1) is 14.0. The number of benzene rings is 1. The van der Waals surface area contributed by atoms with Crippen molar-refractivity contribution in [1.82, 2.24) is 14.8 Å². The van der Waals surface area contributed by atoms with E-state index in [0.29, 0.717) is 18.1 Å². The first-order valence-corrected chi connectivity index (χ1v) is 7.03. The van der Waals surface area contributed by atoms with E-state index in [1.54, 1.807) is 23.1 Å². The second kappa shape index (κ2) is 6.22. The van der Waals surface area contributed by atoms with E-state index in [0.717, 1.165) is 11.1 Å². The minimum atomic E-state index is -0.213. The van der Waals surface area contributed by atoms with Crippen molar-refractivity contribution in [2.24, 2.45) is 0 Å². The average molecular weight is 292 g/mol.